The smallest absolute Gasteiger partial charge is 0.271 e. The van der Waals surface area contributed by atoms with E-state index >= 15 is 0 Å². The predicted octanol–water partition coefficient (Wildman–Crippen LogP) is 4.31. The van der Waals surface area contributed by atoms with E-state index in [0.29, 0.717) is 0 Å². The molecule has 11 heteroatoms. The number of halogens is 1. The van der Waals surface area contributed by atoms with Crippen molar-refractivity contribution in [2.45, 2.75) is 17.9 Å². The molecule has 2 N–H and O–H groups in total. The fourth-order valence-electron chi connectivity index (χ4n) is 2.91. The summed E-state index contributed by atoms with van der Waals surface area (Å²) in [6.07, 6.45) is 0. The van der Waals surface area contributed by atoms with Crippen LogP contribution < -0.4 is 14.8 Å². The van der Waals surface area contributed by atoms with Gasteiger partial charge in [0.2, 0.25) is 10.0 Å². The summed E-state index contributed by atoms with van der Waals surface area (Å²) in [5.41, 5.74) is 0.884. The van der Waals surface area contributed by atoms with Gasteiger partial charge in [-0.2, -0.15) is 0 Å². The molecule has 3 aromatic carbocycles. The van der Waals surface area contributed by atoms with Gasteiger partial charge >= 0.3 is 0 Å². The lowest BCUT2D eigenvalue weighted by atomic mass is 10.1. The van der Waals surface area contributed by atoms with Gasteiger partial charge in [0.15, 0.2) is 6.61 Å². The van der Waals surface area contributed by atoms with Crippen molar-refractivity contribution in [3.05, 3.63) is 93.5 Å². The summed E-state index contributed by atoms with van der Waals surface area (Å²) in [6.45, 7) is 1.30. The number of nitrogens with zero attached hydrogens (tertiary/aromatic N) is 1. The van der Waals surface area contributed by atoms with Gasteiger partial charge in [-0.15, -0.1) is 0 Å². The molecule has 0 spiro atoms. The zero-order valence-corrected chi connectivity index (χ0v) is 19.0. The molecule has 0 saturated heterocycles. The minimum Gasteiger partial charge on any atom is -0.482 e. The van der Waals surface area contributed by atoms with Crippen LogP contribution in [0.15, 0.2) is 77.7 Å². The maximum absolute atomic E-state index is 12.7. The zero-order chi connectivity index (χ0) is 24.0. The van der Waals surface area contributed by atoms with Crippen molar-refractivity contribution >= 4 is 38.9 Å². The first-order valence-corrected chi connectivity index (χ1v) is 11.6. The number of nitro benzene ring substituents is 1. The molecule has 1 amide bonds. The lowest BCUT2D eigenvalue weighted by molar-refractivity contribution is -0.384. The highest BCUT2D eigenvalue weighted by Crippen LogP contribution is 2.28. The topological polar surface area (TPSA) is 128 Å². The fourth-order valence-corrected chi connectivity index (χ4v) is 4.47. The van der Waals surface area contributed by atoms with E-state index in [2.05, 4.69) is 10.0 Å². The molecule has 33 heavy (non-hydrogen) atoms. The number of sulfonamides is 1. The highest BCUT2D eigenvalue weighted by molar-refractivity contribution is 7.89. The van der Waals surface area contributed by atoms with Gasteiger partial charge in [-0.1, -0.05) is 48.0 Å². The van der Waals surface area contributed by atoms with E-state index < -0.39 is 33.5 Å². The van der Waals surface area contributed by atoms with Gasteiger partial charge in [0.05, 0.1) is 14.8 Å². The summed E-state index contributed by atoms with van der Waals surface area (Å²) in [5, 5.41) is 13.3. The molecule has 3 aromatic rings. The number of non-ortho nitro benzene ring substituents is 1. The SMILES string of the molecule is CC(NS(=O)(=O)c1ccc(OCC(=O)Nc2cccc([N+](=O)[O-])c2)c(Cl)c1)c1ccccc1. The van der Waals surface area contributed by atoms with Gasteiger partial charge in [0.25, 0.3) is 11.6 Å². The molecule has 0 aliphatic carbocycles. The number of anilines is 1. The number of carbonyl (C=O) groups is 1. The Morgan fingerprint density at radius 3 is 2.48 bits per heavy atom. The summed E-state index contributed by atoms with van der Waals surface area (Å²) in [4.78, 5) is 22.3. The summed E-state index contributed by atoms with van der Waals surface area (Å²) >= 11 is 6.16. The third-order valence-electron chi connectivity index (χ3n) is 4.54. The summed E-state index contributed by atoms with van der Waals surface area (Å²) in [7, 11) is -3.85. The first-order chi connectivity index (χ1) is 15.7. The van der Waals surface area contributed by atoms with Crippen molar-refractivity contribution in [3.63, 3.8) is 0 Å². The number of benzene rings is 3. The fraction of sp³-hybridized carbons (Fsp3) is 0.136. The van der Waals surface area contributed by atoms with Crippen molar-refractivity contribution in [1.29, 1.82) is 0 Å². The maximum Gasteiger partial charge on any atom is 0.271 e. The van der Waals surface area contributed by atoms with Gasteiger partial charge in [0, 0.05) is 23.9 Å². The number of amides is 1. The Hall–Kier alpha value is -3.47. The van der Waals surface area contributed by atoms with Crippen LogP contribution in [0.2, 0.25) is 5.02 Å². The van der Waals surface area contributed by atoms with Crippen LogP contribution in [0.25, 0.3) is 0 Å². The molecule has 1 unspecified atom stereocenters. The molecule has 0 heterocycles. The van der Waals surface area contributed by atoms with Crippen molar-refractivity contribution in [1.82, 2.24) is 4.72 Å². The normalized spacial score (nSPS) is 12.1. The number of hydrogen-bond donors (Lipinski definition) is 2. The zero-order valence-electron chi connectivity index (χ0n) is 17.4. The molecule has 9 nitrogen and oxygen atoms in total. The van der Waals surface area contributed by atoms with Crippen LogP contribution in [0.4, 0.5) is 11.4 Å². The number of carbonyl (C=O) groups excluding carboxylic acids is 1. The Kier molecular flexibility index (Phi) is 7.64. The third kappa shape index (κ3) is 6.51. The minimum atomic E-state index is -3.85. The van der Waals surface area contributed by atoms with E-state index in [1.807, 2.05) is 30.3 Å². The Morgan fingerprint density at radius 1 is 1.09 bits per heavy atom. The largest absolute Gasteiger partial charge is 0.482 e. The molecule has 3 rings (SSSR count). The monoisotopic (exact) mass is 489 g/mol. The van der Waals surface area contributed by atoms with Crippen molar-refractivity contribution in [2.24, 2.45) is 0 Å². The molecule has 0 fully saturated rings. The lowest BCUT2D eigenvalue weighted by Gasteiger charge is -2.15. The van der Waals surface area contributed by atoms with E-state index in [0.717, 1.165) is 5.56 Å². The minimum absolute atomic E-state index is 0.00777. The first kappa shape index (κ1) is 24.2. The quantitative estimate of drug-likeness (QED) is 0.340. The van der Waals surface area contributed by atoms with Gasteiger partial charge < -0.3 is 10.1 Å². The summed E-state index contributed by atoms with van der Waals surface area (Å²) in [5.74, 6) is -0.456. The summed E-state index contributed by atoms with van der Waals surface area (Å²) in [6, 6.07) is 18.0. The number of rotatable bonds is 9. The van der Waals surface area contributed by atoms with Crippen LogP contribution in [0, 0.1) is 10.1 Å². The molecule has 1 atom stereocenters. The Bertz CT molecular complexity index is 1270. The second kappa shape index (κ2) is 10.4. The molecule has 0 aromatic heterocycles. The molecule has 0 aliphatic heterocycles. The number of nitro groups is 1. The van der Waals surface area contributed by atoms with Crippen molar-refractivity contribution in [2.75, 3.05) is 11.9 Å². The van der Waals surface area contributed by atoms with Crippen LogP contribution in [0.1, 0.15) is 18.5 Å². The third-order valence-corrected chi connectivity index (χ3v) is 6.38. The van der Waals surface area contributed by atoms with E-state index in [1.54, 1.807) is 6.92 Å². The van der Waals surface area contributed by atoms with E-state index in [1.165, 1.54) is 42.5 Å². The van der Waals surface area contributed by atoms with Gasteiger partial charge in [-0.25, -0.2) is 13.1 Å². The van der Waals surface area contributed by atoms with Crippen LogP contribution in [-0.2, 0) is 14.8 Å². The van der Waals surface area contributed by atoms with Crippen molar-refractivity contribution < 1.29 is 22.9 Å². The highest BCUT2D eigenvalue weighted by atomic mass is 35.5. The first-order valence-electron chi connectivity index (χ1n) is 9.69. The standard InChI is InChI=1S/C22H20ClN3O6S/c1-15(16-6-3-2-4-7-16)25-33(30,31)19-10-11-21(20(23)13-19)32-14-22(27)24-17-8-5-9-18(12-17)26(28)29/h2-13,15,25H,14H2,1H3,(H,24,27). The van der Waals surface area contributed by atoms with Crippen LogP contribution >= 0.6 is 11.6 Å². The number of ether oxygens (including phenoxy) is 1. The Balaban J connectivity index is 1.62. The maximum atomic E-state index is 12.7. The molecular weight excluding hydrogens is 470 g/mol. The van der Waals surface area contributed by atoms with Crippen LogP contribution in [0.5, 0.6) is 5.75 Å². The average Bonchev–Trinajstić information content (AvgIpc) is 2.78. The van der Waals surface area contributed by atoms with E-state index in [-0.39, 0.29) is 27.0 Å². The lowest BCUT2D eigenvalue weighted by Crippen LogP contribution is -2.27. The Morgan fingerprint density at radius 2 is 1.82 bits per heavy atom. The van der Waals surface area contributed by atoms with Crippen LogP contribution in [0.3, 0.4) is 0 Å². The van der Waals surface area contributed by atoms with Crippen LogP contribution in [-0.4, -0.2) is 25.9 Å². The molecule has 172 valence electrons. The van der Waals surface area contributed by atoms with E-state index in [9.17, 15) is 23.3 Å². The van der Waals surface area contributed by atoms with Gasteiger partial charge in [-0.05, 0) is 36.8 Å². The molecule has 0 saturated carbocycles. The number of hydrogen-bond acceptors (Lipinski definition) is 6. The highest BCUT2D eigenvalue weighted by Gasteiger charge is 2.20. The van der Waals surface area contributed by atoms with Crippen molar-refractivity contribution in [3.8, 4) is 5.75 Å². The number of nitrogens with one attached hydrogen (secondary N) is 2. The summed E-state index contributed by atoms with van der Waals surface area (Å²) < 4.78 is 33.4. The average molecular weight is 490 g/mol. The second-order valence-electron chi connectivity index (χ2n) is 6.99. The van der Waals surface area contributed by atoms with Gasteiger partial charge in [0.1, 0.15) is 5.75 Å². The molecular formula is C22H20ClN3O6S. The Labute approximate surface area is 195 Å². The van der Waals surface area contributed by atoms with Gasteiger partial charge in [-0.3, -0.25) is 14.9 Å². The predicted molar refractivity (Wildman–Crippen MR) is 124 cm³/mol. The molecule has 0 aliphatic rings. The van der Waals surface area contributed by atoms with E-state index in [4.69, 9.17) is 16.3 Å². The molecule has 0 bridgehead atoms. The molecule has 0 radical (unpaired) electrons. The second-order valence-corrected chi connectivity index (χ2v) is 9.11.